The van der Waals surface area contributed by atoms with Crippen LogP contribution in [0.4, 0.5) is 13.2 Å². The van der Waals surface area contributed by atoms with E-state index in [1.165, 1.54) is 16.7 Å². The third-order valence-electron chi connectivity index (χ3n) is 3.56. The molecule has 0 unspecified atom stereocenters. The number of H-pyrrole nitrogens is 1. The lowest BCUT2D eigenvalue weighted by Crippen LogP contribution is -2.05. The fourth-order valence-electron chi connectivity index (χ4n) is 2.44. The first-order valence-corrected chi connectivity index (χ1v) is 6.37. The highest BCUT2D eigenvalue weighted by Crippen LogP contribution is 2.33. The van der Waals surface area contributed by atoms with Crippen molar-refractivity contribution < 1.29 is 23.1 Å². The van der Waals surface area contributed by atoms with Gasteiger partial charge in [-0.25, -0.2) is 4.79 Å². The fourth-order valence-corrected chi connectivity index (χ4v) is 2.44. The molecule has 2 heterocycles. The van der Waals surface area contributed by atoms with E-state index >= 15 is 0 Å². The number of rotatable bonds is 2. The van der Waals surface area contributed by atoms with Crippen molar-refractivity contribution in [3.05, 3.63) is 47.7 Å². The lowest BCUT2D eigenvalue weighted by Gasteiger charge is -2.05. The number of aromatic carboxylic acids is 1. The van der Waals surface area contributed by atoms with Crippen LogP contribution in [0, 0.1) is 0 Å². The first-order chi connectivity index (χ1) is 10.3. The molecule has 0 spiro atoms. The summed E-state index contributed by atoms with van der Waals surface area (Å²) in [6.07, 6.45) is -4.40. The van der Waals surface area contributed by atoms with E-state index in [9.17, 15) is 18.0 Å². The van der Waals surface area contributed by atoms with Crippen molar-refractivity contribution in [1.29, 1.82) is 0 Å². The van der Waals surface area contributed by atoms with Crippen LogP contribution in [-0.4, -0.2) is 20.6 Å². The van der Waals surface area contributed by atoms with Crippen LogP contribution in [0.25, 0.3) is 22.3 Å². The number of nitrogens with one attached hydrogen (secondary N) is 1. The predicted octanol–water partition coefficient (Wildman–Crippen LogP) is 3.89. The number of hydrogen-bond acceptors (Lipinski definition) is 1. The van der Waals surface area contributed by atoms with E-state index in [1.54, 1.807) is 19.2 Å². The maximum atomic E-state index is 12.7. The zero-order chi connectivity index (χ0) is 16.1. The van der Waals surface area contributed by atoms with Gasteiger partial charge in [-0.05, 0) is 36.4 Å². The Balaban J connectivity index is 2.11. The molecule has 0 radical (unpaired) electrons. The number of carboxylic acids is 1. The van der Waals surface area contributed by atoms with E-state index in [1.807, 2.05) is 0 Å². The molecule has 0 atom stereocenters. The summed E-state index contributed by atoms with van der Waals surface area (Å²) < 4.78 is 39.6. The normalized spacial score (nSPS) is 12.0. The van der Waals surface area contributed by atoms with Gasteiger partial charge in [-0.1, -0.05) is 0 Å². The minimum atomic E-state index is -4.40. The van der Waals surface area contributed by atoms with E-state index in [0.717, 1.165) is 12.1 Å². The Morgan fingerprint density at radius 1 is 1.18 bits per heavy atom. The van der Waals surface area contributed by atoms with Crippen molar-refractivity contribution in [1.82, 2.24) is 9.55 Å². The molecule has 114 valence electrons. The molecule has 0 saturated heterocycles. The number of hydrogen-bond donors (Lipinski definition) is 2. The molecule has 4 nitrogen and oxygen atoms in total. The Bertz CT molecular complexity index is 875. The Hall–Kier alpha value is -2.70. The molecule has 1 aromatic carbocycles. The van der Waals surface area contributed by atoms with E-state index < -0.39 is 17.7 Å². The molecular weight excluding hydrogens is 297 g/mol. The second kappa shape index (κ2) is 4.66. The first-order valence-electron chi connectivity index (χ1n) is 6.37. The molecule has 2 aromatic heterocycles. The van der Waals surface area contributed by atoms with Gasteiger partial charge in [0.25, 0.3) is 0 Å². The molecule has 0 fully saturated rings. The molecule has 0 saturated carbocycles. The van der Waals surface area contributed by atoms with Crippen LogP contribution in [-0.2, 0) is 13.2 Å². The summed E-state index contributed by atoms with van der Waals surface area (Å²) >= 11 is 0. The maximum Gasteiger partial charge on any atom is 0.416 e. The lowest BCUT2D eigenvalue weighted by atomic mass is 10.1. The molecule has 22 heavy (non-hydrogen) atoms. The third-order valence-corrected chi connectivity index (χ3v) is 3.56. The average molecular weight is 308 g/mol. The molecule has 0 bridgehead atoms. The standard InChI is InChI=1S/C15H11F3N2O2/c1-20-12(4-5-13(20)14(21)22)11-7-8-6-9(15(16,17)18)2-3-10(8)19-11/h2-7,19H,1H3,(H,21,22). The van der Waals surface area contributed by atoms with E-state index in [-0.39, 0.29) is 5.69 Å². The second-order valence-corrected chi connectivity index (χ2v) is 4.95. The largest absolute Gasteiger partial charge is 0.477 e. The Morgan fingerprint density at radius 3 is 2.50 bits per heavy atom. The summed E-state index contributed by atoms with van der Waals surface area (Å²) in [7, 11) is 1.59. The van der Waals surface area contributed by atoms with Crippen LogP contribution < -0.4 is 0 Å². The van der Waals surface area contributed by atoms with Gasteiger partial charge in [-0.3, -0.25) is 0 Å². The molecule has 3 aromatic rings. The van der Waals surface area contributed by atoms with Crippen LogP contribution >= 0.6 is 0 Å². The SMILES string of the molecule is Cn1c(C(=O)O)ccc1-c1cc2cc(C(F)(F)F)ccc2[nH]1. The number of carbonyl (C=O) groups is 1. The van der Waals surface area contributed by atoms with Crippen molar-refractivity contribution >= 4 is 16.9 Å². The summed E-state index contributed by atoms with van der Waals surface area (Å²) in [5.41, 5.74) is 1.08. The van der Waals surface area contributed by atoms with Gasteiger partial charge in [0.1, 0.15) is 5.69 Å². The molecule has 0 aliphatic carbocycles. The van der Waals surface area contributed by atoms with Crippen LogP contribution in [0.2, 0.25) is 0 Å². The molecule has 3 rings (SSSR count). The average Bonchev–Trinajstić information content (AvgIpc) is 2.99. The summed E-state index contributed by atoms with van der Waals surface area (Å²) in [5, 5.41) is 9.45. The van der Waals surface area contributed by atoms with Crippen molar-refractivity contribution in [3.8, 4) is 11.4 Å². The molecule has 0 amide bonds. The van der Waals surface area contributed by atoms with Crippen LogP contribution in [0.5, 0.6) is 0 Å². The zero-order valence-electron chi connectivity index (χ0n) is 11.4. The quantitative estimate of drug-likeness (QED) is 0.754. The number of alkyl halides is 3. The predicted molar refractivity (Wildman–Crippen MR) is 74.7 cm³/mol. The summed E-state index contributed by atoms with van der Waals surface area (Å²) in [6.45, 7) is 0. The van der Waals surface area contributed by atoms with E-state index in [4.69, 9.17) is 5.11 Å². The van der Waals surface area contributed by atoms with Crippen molar-refractivity contribution in [3.63, 3.8) is 0 Å². The third kappa shape index (κ3) is 2.24. The van der Waals surface area contributed by atoms with E-state index in [0.29, 0.717) is 22.3 Å². The highest BCUT2D eigenvalue weighted by molar-refractivity contribution is 5.89. The van der Waals surface area contributed by atoms with Gasteiger partial charge in [0.05, 0.1) is 17.0 Å². The number of aromatic nitrogens is 2. The Morgan fingerprint density at radius 2 is 1.91 bits per heavy atom. The smallest absolute Gasteiger partial charge is 0.416 e. The van der Waals surface area contributed by atoms with Crippen molar-refractivity contribution in [2.24, 2.45) is 7.05 Å². The Labute approximate surface area is 122 Å². The lowest BCUT2D eigenvalue weighted by molar-refractivity contribution is -0.137. The molecular formula is C15H11F3N2O2. The molecule has 0 aliphatic heterocycles. The van der Waals surface area contributed by atoms with Crippen LogP contribution in [0.3, 0.4) is 0 Å². The van der Waals surface area contributed by atoms with E-state index in [2.05, 4.69) is 4.98 Å². The highest BCUT2D eigenvalue weighted by atomic mass is 19.4. The number of carboxylic acid groups (broad SMARTS) is 1. The van der Waals surface area contributed by atoms with Gasteiger partial charge < -0.3 is 14.7 Å². The van der Waals surface area contributed by atoms with Crippen molar-refractivity contribution in [2.45, 2.75) is 6.18 Å². The topological polar surface area (TPSA) is 58.0 Å². The first kappa shape index (κ1) is 14.2. The number of halogens is 3. The zero-order valence-corrected chi connectivity index (χ0v) is 11.4. The van der Waals surface area contributed by atoms with Gasteiger partial charge in [0, 0.05) is 18.0 Å². The maximum absolute atomic E-state index is 12.7. The van der Waals surface area contributed by atoms with Crippen LogP contribution in [0.1, 0.15) is 16.1 Å². The summed E-state index contributed by atoms with van der Waals surface area (Å²) in [5.74, 6) is -1.07. The monoisotopic (exact) mass is 308 g/mol. The van der Waals surface area contributed by atoms with Crippen molar-refractivity contribution in [2.75, 3.05) is 0 Å². The number of nitrogens with zero attached hydrogens (tertiary/aromatic N) is 1. The van der Waals surface area contributed by atoms with Gasteiger partial charge in [0.15, 0.2) is 0 Å². The number of benzene rings is 1. The minimum absolute atomic E-state index is 0.102. The molecule has 7 heteroatoms. The van der Waals surface area contributed by atoms with Gasteiger partial charge in [-0.2, -0.15) is 13.2 Å². The fraction of sp³-hybridized carbons (Fsp3) is 0.133. The molecule has 2 N–H and O–H groups in total. The van der Waals surface area contributed by atoms with Crippen LogP contribution in [0.15, 0.2) is 36.4 Å². The highest BCUT2D eigenvalue weighted by Gasteiger charge is 2.30. The number of fused-ring (bicyclic) bond motifs is 1. The van der Waals surface area contributed by atoms with Gasteiger partial charge in [0.2, 0.25) is 0 Å². The molecule has 0 aliphatic rings. The minimum Gasteiger partial charge on any atom is -0.477 e. The Kier molecular flexibility index (Phi) is 3.01. The number of aromatic amines is 1. The van der Waals surface area contributed by atoms with Gasteiger partial charge >= 0.3 is 12.1 Å². The second-order valence-electron chi connectivity index (χ2n) is 4.95. The summed E-state index contributed by atoms with van der Waals surface area (Å²) in [6, 6.07) is 8.07. The summed E-state index contributed by atoms with van der Waals surface area (Å²) in [4.78, 5) is 14.0. The van der Waals surface area contributed by atoms with Gasteiger partial charge in [-0.15, -0.1) is 0 Å².